The molecule has 1 aromatic carbocycles. The third kappa shape index (κ3) is 2.51. The highest BCUT2D eigenvalue weighted by molar-refractivity contribution is 5.67. The number of anilines is 1. The number of nitrogens with one attached hydrogen (secondary N) is 1. The van der Waals surface area contributed by atoms with E-state index in [9.17, 15) is 13.2 Å². The zero-order valence-electron chi connectivity index (χ0n) is 10.5. The molecular formula is C14H16F3NO. The maximum Gasteiger partial charge on any atom is 0.573 e. The van der Waals surface area contributed by atoms with Crippen molar-refractivity contribution < 1.29 is 17.9 Å². The topological polar surface area (TPSA) is 21.3 Å². The van der Waals surface area contributed by atoms with Crippen molar-refractivity contribution in [3.05, 3.63) is 23.8 Å². The normalized spacial score (nSPS) is 23.2. The molecule has 0 saturated heterocycles. The maximum atomic E-state index is 12.4. The molecule has 0 radical (unpaired) electrons. The van der Waals surface area contributed by atoms with Crippen molar-refractivity contribution in [1.29, 1.82) is 0 Å². The molecule has 1 N–H and O–H groups in total. The van der Waals surface area contributed by atoms with Gasteiger partial charge in [0.2, 0.25) is 0 Å². The second kappa shape index (κ2) is 4.62. The molecule has 0 bridgehead atoms. The number of fused-ring (bicyclic) bond motifs is 1. The Bertz CT molecular complexity index is 466. The Balaban J connectivity index is 1.88. The highest BCUT2D eigenvalue weighted by Gasteiger charge is 2.36. The summed E-state index contributed by atoms with van der Waals surface area (Å²) < 4.78 is 41.2. The molecule has 5 heteroatoms. The van der Waals surface area contributed by atoms with E-state index in [0.29, 0.717) is 17.5 Å². The minimum Gasteiger partial charge on any atom is -0.404 e. The fourth-order valence-electron chi connectivity index (χ4n) is 3.36. The van der Waals surface area contributed by atoms with Crippen LogP contribution in [-0.4, -0.2) is 12.9 Å². The fraction of sp³-hybridized carbons (Fsp3) is 0.571. The van der Waals surface area contributed by atoms with Crippen molar-refractivity contribution in [2.24, 2.45) is 5.92 Å². The Morgan fingerprint density at radius 1 is 1.16 bits per heavy atom. The van der Waals surface area contributed by atoms with Crippen LogP contribution < -0.4 is 10.1 Å². The molecule has 2 nitrogen and oxygen atoms in total. The van der Waals surface area contributed by atoms with E-state index in [1.54, 1.807) is 6.07 Å². The van der Waals surface area contributed by atoms with Gasteiger partial charge < -0.3 is 10.1 Å². The summed E-state index contributed by atoms with van der Waals surface area (Å²) in [6, 6.07) is 4.94. The number of halogens is 3. The van der Waals surface area contributed by atoms with Gasteiger partial charge in [0, 0.05) is 12.5 Å². The summed E-state index contributed by atoms with van der Waals surface area (Å²) in [5.74, 6) is 0.815. The summed E-state index contributed by atoms with van der Waals surface area (Å²) in [5, 5.41) is 3.09. The fourth-order valence-corrected chi connectivity index (χ4v) is 3.36. The van der Waals surface area contributed by atoms with E-state index >= 15 is 0 Å². The first kappa shape index (κ1) is 12.6. The van der Waals surface area contributed by atoms with Gasteiger partial charge in [0.25, 0.3) is 0 Å². The number of ether oxygens (including phenoxy) is 1. The first-order valence-electron chi connectivity index (χ1n) is 6.67. The van der Waals surface area contributed by atoms with Crippen molar-refractivity contribution in [2.45, 2.75) is 38.0 Å². The lowest BCUT2D eigenvalue weighted by atomic mass is 9.86. The summed E-state index contributed by atoms with van der Waals surface area (Å²) in [5.41, 5.74) is 1.50. The van der Waals surface area contributed by atoms with Crippen LogP contribution in [0.5, 0.6) is 5.75 Å². The van der Waals surface area contributed by atoms with Crippen molar-refractivity contribution >= 4 is 5.69 Å². The van der Waals surface area contributed by atoms with Crippen molar-refractivity contribution in [2.75, 3.05) is 11.9 Å². The lowest BCUT2D eigenvalue weighted by molar-refractivity contribution is -0.274. The summed E-state index contributed by atoms with van der Waals surface area (Å²) in [6.07, 6.45) is 0.180. The summed E-state index contributed by atoms with van der Waals surface area (Å²) >= 11 is 0. The van der Waals surface area contributed by atoms with Crippen molar-refractivity contribution in [3.63, 3.8) is 0 Å². The van der Waals surface area contributed by atoms with Gasteiger partial charge >= 0.3 is 6.36 Å². The molecule has 1 aliphatic carbocycles. The van der Waals surface area contributed by atoms with E-state index in [-0.39, 0.29) is 5.75 Å². The Kier molecular flexibility index (Phi) is 3.07. The molecule has 1 fully saturated rings. The Hall–Kier alpha value is -1.39. The van der Waals surface area contributed by atoms with Gasteiger partial charge in [0.1, 0.15) is 0 Å². The number of benzene rings is 1. The first-order valence-corrected chi connectivity index (χ1v) is 6.67. The zero-order valence-corrected chi connectivity index (χ0v) is 10.5. The van der Waals surface area contributed by atoms with Crippen LogP contribution in [0.15, 0.2) is 18.2 Å². The standard InChI is InChI=1S/C14H16F3NO/c15-14(16,17)19-12-7-3-6-10-11(8-18-13(10)12)9-4-1-2-5-9/h3,6-7,9,11,18H,1-2,4-5,8H2. The van der Waals surface area contributed by atoms with Crippen LogP contribution in [0, 0.1) is 5.92 Å². The third-order valence-corrected chi connectivity index (χ3v) is 4.15. The van der Waals surface area contributed by atoms with Crippen LogP contribution in [0.2, 0.25) is 0 Å². The van der Waals surface area contributed by atoms with Crippen LogP contribution in [0.3, 0.4) is 0 Å². The summed E-state index contributed by atoms with van der Waals surface area (Å²) in [4.78, 5) is 0. The number of rotatable bonds is 2. The molecule has 19 heavy (non-hydrogen) atoms. The van der Waals surface area contributed by atoms with Gasteiger partial charge in [0.15, 0.2) is 5.75 Å². The monoisotopic (exact) mass is 271 g/mol. The van der Waals surface area contributed by atoms with Crippen molar-refractivity contribution in [1.82, 2.24) is 0 Å². The van der Waals surface area contributed by atoms with Gasteiger partial charge in [-0.25, -0.2) is 0 Å². The average molecular weight is 271 g/mol. The number of hydrogen-bond donors (Lipinski definition) is 1. The molecule has 3 rings (SSSR count). The summed E-state index contributed by atoms with van der Waals surface area (Å²) in [6.45, 7) is 0.720. The number of hydrogen-bond acceptors (Lipinski definition) is 2. The summed E-state index contributed by atoms with van der Waals surface area (Å²) in [7, 11) is 0. The Labute approximate surface area is 109 Å². The molecule has 1 heterocycles. The maximum absolute atomic E-state index is 12.4. The van der Waals surface area contributed by atoms with Crippen LogP contribution >= 0.6 is 0 Å². The molecule has 1 unspecified atom stereocenters. The van der Waals surface area contributed by atoms with E-state index in [1.165, 1.54) is 31.7 Å². The SMILES string of the molecule is FC(F)(F)Oc1cccc2c1NCC2C1CCCC1. The number of alkyl halides is 3. The molecule has 0 amide bonds. The Morgan fingerprint density at radius 2 is 1.89 bits per heavy atom. The molecule has 1 saturated carbocycles. The lowest BCUT2D eigenvalue weighted by Crippen LogP contribution is -2.17. The number of para-hydroxylation sites is 1. The molecule has 0 spiro atoms. The largest absolute Gasteiger partial charge is 0.573 e. The van der Waals surface area contributed by atoms with E-state index in [2.05, 4.69) is 10.1 Å². The minimum atomic E-state index is -4.64. The predicted octanol–water partition coefficient (Wildman–Crippen LogP) is 4.28. The smallest absolute Gasteiger partial charge is 0.404 e. The van der Waals surface area contributed by atoms with Gasteiger partial charge in [-0.3, -0.25) is 0 Å². The van der Waals surface area contributed by atoms with Crippen molar-refractivity contribution in [3.8, 4) is 5.75 Å². The lowest BCUT2D eigenvalue weighted by Gasteiger charge is -2.18. The predicted molar refractivity (Wildman–Crippen MR) is 66.3 cm³/mol. The first-order chi connectivity index (χ1) is 9.04. The van der Waals surface area contributed by atoms with Crippen LogP contribution in [0.4, 0.5) is 18.9 Å². The van der Waals surface area contributed by atoms with Crippen LogP contribution in [0.1, 0.15) is 37.2 Å². The van der Waals surface area contributed by atoms with Crippen LogP contribution in [-0.2, 0) is 0 Å². The molecule has 0 aromatic heterocycles. The van der Waals surface area contributed by atoms with Gasteiger partial charge in [-0.05, 0) is 30.4 Å². The van der Waals surface area contributed by atoms with Gasteiger partial charge in [0.05, 0.1) is 5.69 Å². The minimum absolute atomic E-state index is 0.106. The van der Waals surface area contributed by atoms with Gasteiger partial charge in [-0.1, -0.05) is 25.0 Å². The average Bonchev–Trinajstić information content (AvgIpc) is 2.94. The highest BCUT2D eigenvalue weighted by Crippen LogP contribution is 2.47. The van der Waals surface area contributed by atoms with E-state index in [4.69, 9.17) is 0 Å². The molecule has 1 aliphatic heterocycles. The quantitative estimate of drug-likeness (QED) is 0.866. The molecule has 2 aliphatic rings. The molecule has 104 valence electrons. The van der Waals surface area contributed by atoms with Gasteiger partial charge in [-0.2, -0.15) is 0 Å². The zero-order chi connectivity index (χ0) is 13.5. The van der Waals surface area contributed by atoms with E-state index < -0.39 is 6.36 Å². The van der Waals surface area contributed by atoms with Gasteiger partial charge in [-0.15, -0.1) is 13.2 Å². The third-order valence-electron chi connectivity index (χ3n) is 4.15. The molecule has 1 aromatic rings. The van der Waals surface area contributed by atoms with E-state index in [0.717, 1.165) is 12.1 Å². The highest BCUT2D eigenvalue weighted by atomic mass is 19.4. The molecule has 1 atom stereocenters. The molecular weight excluding hydrogens is 255 g/mol. The van der Waals surface area contributed by atoms with E-state index in [1.807, 2.05) is 6.07 Å². The van der Waals surface area contributed by atoms with Crippen LogP contribution in [0.25, 0.3) is 0 Å². The Morgan fingerprint density at radius 3 is 2.58 bits per heavy atom. The second-order valence-electron chi connectivity index (χ2n) is 5.30. The second-order valence-corrected chi connectivity index (χ2v) is 5.30.